The summed E-state index contributed by atoms with van der Waals surface area (Å²) in [5.41, 5.74) is 1.99. The van der Waals surface area contributed by atoms with E-state index in [-0.39, 0.29) is 18.4 Å². The first-order chi connectivity index (χ1) is 9.60. The zero-order valence-electron chi connectivity index (χ0n) is 12.2. The topological polar surface area (TPSA) is 58.6 Å². The Morgan fingerprint density at radius 1 is 1.40 bits per heavy atom. The molecule has 2 unspecified atom stereocenters. The van der Waals surface area contributed by atoms with Crippen LogP contribution in [0.25, 0.3) is 0 Å². The van der Waals surface area contributed by atoms with Crippen molar-refractivity contribution >= 4 is 5.91 Å². The maximum absolute atomic E-state index is 12.1. The second-order valence-corrected chi connectivity index (χ2v) is 5.52. The Hall–Kier alpha value is -1.55. The molecule has 0 saturated heterocycles. The Labute approximate surface area is 120 Å². The molecule has 0 heterocycles. The molecule has 0 radical (unpaired) electrons. The molecular formula is C16H23NO3. The first-order valence-corrected chi connectivity index (χ1v) is 7.21. The summed E-state index contributed by atoms with van der Waals surface area (Å²) in [6, 6.07) is 5.71. The quantitative estimate of drug-likeness (QED) is 0.884. The van der Waals surface area contributed by atoms with Crippen LogP contribution in [0.1, 0.15) is 36.8 Å². The Balaban J connectivity index is 1.99. The number of aliphatic hydroxyl groups excluding tert-OH is 1. The van der Waals surface area contributed by atoms with Gasteiger partial charge in [-0.3, -0.25) is 4.79 Å². The van der Waals surface area contributed by atoms with E-state index in [9.17, 15) is 9.90 Å². The fraction of sp³-hybridized carbons (Fsp3) is 0.562. The van der Waals surface area contributed by atoms with Gasteiger partial charge in [0.1, 0.15) is 5.75 Å². The van der Waals surface area contributed by atoms with Crippen molar-refractivity contribution in [2.24, 2.45) is 0 Å². The van der Waals surface area contributed by atoms with E-state index in [1.54, 1.807) is 7.11 Å². The Morgan fingerprint density at radius 2 is 2.15 bits per heavy atom. The summed E-state index contributed by atoms with van der Waals surface area (Å²) >= 11 is 0. The molecule has 4 nitrogen and oxygen atoms in total. The highest BCUT2D eigenvalue weighted by atomic mass is 16.5. The van der Waals surface area contributed by atoms with Gasteiger partial charge in [-0.15, -0.1) is 0 Å². The third-order valence-corrected chi connectivity index (χ3v) is 3.86. The molecule has 4 heteroatoms. The molecule has 0 bridgehead atoms. The van der Waals surface area contributed by atoms with Crippen LogP contribution in [0.3, 0.4) is 0 Å². The number of amides is 1. The number of benzene rings is 1. The molecule has 1 aromatic carbocycles. The van der Waals surface area contributed by atoms with Crippen LogP contribution < -0.4 is 10.1 Å². The van der Waals surface area contributed by atoms with Crippen LogP contribution in [0, 0.1) is 6.92 Å². The molecule has 0 aliphatic heterocycles. The predicted octanol–water partition coefficient (Wildman–Crippen LogP) is 1.97. The highest BCUT2D eigenvalue weighted by molar-refractivity contribution is 5.79. The number of carbonyl (C=O) groups is 1. The van der Waals surface area contributed by atoms with E-state index < -0.39 is 6.10 Å². The second kappa shape index (κ2) is 6.75. The van der Waals surface area contributed by atoms with Crippen LogP contribution in [0.4, 0.5) is 0 Å². The first-order valence-electron chi connectivity index (χ1n) is 7.21. The van der Waals surface area contributed by atoms with Crippen LogP contribution in [0.5, 0.6) is 5.75 Å². The minimum Gasteiger partial charge on any atom is -0.496 e. The monoisotopic (exact) mass is 277 g/mol. The SMILES string of the molecule is COc1ccc(C)cc1CC(=O)NC1CCCCC1O. The fourth-order valence-corrected chi connectivity index (χ4v) is 2.76. The fourth-order valence-electron chi connectivity index (χ4n) is 2.76. The molecule has 2 rings (SSSR count). The van der Waals surface area contributed by atoms with Crippen LogP contribution in [-0.4, -0.2) is 30.3 Å². The highest BCUT2D eigenvalue weighted by Gasteiger charge is 2.24. The second-order valence-electron chi connectivity index (χ2n) is 5.52. The van der Waals surface area contributed by atoms with Crippen LogP contribution >= 0.6 is 0 Å². The Bertz CT molecular complexity index is 473. The molecule has 110 valence electrons. The normalized spacial score (nSPS) is 22.4. The van der Waals surface area contributed by atoms with Crippen molar-refractivity contribution in [3.63, 3.8) is 0 Å². The van der Waals surface area contributed by atoms with Crippen LogP contribution in [-0.2, 0) is 11.2 Å². The van der Waals surface area contributed by atoms with Gasteiger partial charge in [0, 0.05) is 5.56 Å². The van der Waals surface area contributed by atoms with Crippen molar-refractivity contribution in [1.29, 1.82) is 0 Å². The smallest absolute Gasteiger partial charge is 0.224 e. The number of aryl methyl sites for hydroxylation is 1. The lowest BCUT2D eigenvalue weighted by molar-refractivity contribution is -0.122. The van der Waals surface area contributed by atoms with Crippen molar-refractivity contribution in [3.8, 4) is 5.75 Å². The van der Waals surface area contributed by atoms with E-state index in [2.05, 4.69) is 5.32 Å². The van der Waals surface area contributed by atoms with Gasteiger partial charge < -0.3 is 15.2 Å². The molecule has 2 atom stereocenters. The minimum absolute atomic E-state index is 0.0557. The molecule has 1 aliphatic carbocycles. The maximum atomic E-state index is 12.1. The van der Waals surface area contributed by atoms with Gasteiger partial charge in [-0.2, -0.15) is 0 Å². The molecule has 1 amide bonds. The van der Waals surface area contributed by atoms with E-state index >= 15 is 0 Å². The first kappa shape index (κ1) is 14.9. The number of hydrogen-bond acceptors (Lipinski definition) is 3. The van der Waals surface area contributed by atoms with Gasteiger partial charge in [0.15, 0.2) is 0 Å². The number of ether oxygens (including phenoxy) is 1. The van der Waals surface area contributed by atoms with E-state index in [4.69, 9.17) is 4.74 Å². The van der Waals surface area contributed by atoms with E-state index in [0.29, 0.717) is 0 Å². The summed E-state index contributed by atoms with van der Waals surface area (Å²) in [4.78, 5) is 12.1. The van der Waals surface area contributed by atoms with Crippen molar-refractivity contribution in [1.82, 2.24) is 5.32 Å². The highest BCUT2D eigenvalue weighted by Crippen LogP contribution is 2.21. The van der Waals surface area contributed by atoms with Crippen molar-refractivity contribution in [2.75, 3.05) is 7.11 Å². The van der Waals surface area contributed by atoms with E-state index in [0.717, 1.165) is 42.6 Å². The number of methoxy groups -OCH3 is 1. The van der Waals surface area contributed by atoms with Gasteiger partial charge in [0.2, 0.25) is 5.91 Å². The minimum atomic E-state index is -0.410. The standard InChI is InChI=1S/C16H23NO3/c1-11-7-8-15(20-2)12(9-11)10-16(19)17-13-5-3-4-6-14(13)18/h7-9,13-14,18H,3-6,10H2,1-2H3,(H,17,19). The summed E-state index contributed by atoms with van der Waals surface area (Å²) in [6.45, 7) is 1.99. The molecule has 1 aliphatic rings. The zero-order chi connectivity index (χ0) is 14.5. The van der Waals surface area contributed by atoms with Gasteiger partial charge in [-0.05, 0) is 25.8 Å². The number of carbonyl (C=O) groups excluding carboxylic acids is 1. The molecule has 0 spiro atoms. The van der Waals surface area contributed by atoms with Gasteiger partial charge in [-0.1, -0.05) is 30.5 Å². The Kier molecular flexibility index (Phi) is 5.01. The van der Waals surface area contributed by atoms with Crippen molar-refractivity contribution in [3.05, 3.63) is 29.3 Å². The molecule has 20 heavy (non-hydrogen) atoms. The lowest BCUT2D eigenvalue weighted by atomic mass is 9.92. The summed E-state index contributed by atoms with van der Waals surface area (Å²) in [7, 11) is 1.61. The van der Waals surface area contributed by atoms with Crippen LogP contribution in [0.2, 0.25) is 0 Å². The average Bonchev–Trinajstić information content (AvgIpc) is 2.41. The average molecular weight is 277 g/mol. The van der Waals surface area contributed by atoms with Gasteiger partial charge in [0.25, 0.3) is 0 Å². The zero-order valence-corrected chi connectivity index (χ0v) is 12.2. The predicted molar refractivity (Wildman–Crippen MR) is 77.8 cm³/mol. The molecule has 1 fully saturated rings. The third-order valence-electron chi connectivity index (χ3n) is 3.86. The molecule has 1 saturated carbocycles. The third kappa shape index (κ3) is 3.73. The van der Waals surface area contributed by atoms with Crippen molar-refractivity contribution < 1.29 is 14.6 Å². The molecular weight excluding hydrogens is 254 g/mol. The van der Waals surface area contributed by atoms with Gasteiger partial charge >= 0.3 is 0 Å². The molecule has 1 aromatic rings. The summed E-state index contributed by atoms with van der Waals surface area (Å²) < 4.78 is 5.28. The molecule has 2 N–H and O–H groups in total. The maximum Gasteiger partial charge on any atom is 0.224 e. The summed E-state index contributed by atoms with van der Waals surface area (Å²) in [5.74, 6) is 0.676. The lowest BCUT2D eigenvalue weighted by Gasteiger charge is -2.28. The van der Waals surface area contributed by atoms with E-state index in [1.807, 2.05) is 25.1 Å². The molecule has 0 aromatic heterocycles. The Morgan fingerprint density at radius 3 is 2.85 bits per heavy atom. The van der Waals surface area contributed by atoms with Gasteiger partial charge in [0.05, 0.1) is 25.7 Å². The summed E-state index contributed by atoms with van der Waals surface area (Å²) in [6.07, 6.45) is 3.62. The van der Waals surface area contributed by atoms with Gasteiger partial charge in [-0.25, -0.2) is 0 Å². The summed E-state index contributed by atoms with van der Waals surface area (Å²) in [5, 5.41) is 12.8. The van der Waals surface area contributed by atoms with E-state index in [1.165, 1.54) is 0 Å². The number of nitrogens with one attached hydrogen (secondary N) is 1. The van der Waals surface area contributed by atoms with Crippen molar-refractivity contribution in [2.45, 2.75) is 51.2 Å². The lowest BCUT2D eigenvalue weighted by Crippen LogP contribution is -2.45. The number of rotatable bonds is 4. The number of hydrogen-bond donors (Lipinski definition) is 2. The number of aliphatic hydroxyl groups is 1. The van der Waals surface area contributed by atoms with Crippen LogP contribution in [0.15, 0.2) is 18.2 Å². The largest absolute Gasteiger partial charge is 0.496 e.